The number of fused-ring (bicyclic) bond motifs is 1. The zero-order valence-electron chi connectivity index (χ0n) is 25.2. The number of esters is 1. The van der Waals surface area contributed by atoms with Crippen LogP contribution < -0.4 is 9.47 Å². The largest absolute Gasteiger partial charge is 0.496 e. The van der Waals surface area contributed by atoms with Gasteiger partial charge in [0.15, 0.2) is 5.78 Å². The van der Waals surface area contributed by atoms with Crippen molar-refractivity contribution in [3.05, 3.63) is 88.9 Å². The highest BCUT2D eigenvalue weighted by Gasteiger charge is 2.24. The molecule has 4 heterocycles. The molecule has 0 bridgehead atoms. The Morgan fingerprint density at radius 3 is 2.64 bits per heavy atom. The lowest BCUT2D eigenvalue weighted by molar-refractivity contribution is -0.0591. The van der Waals surface area contributed by atoms with Gasteiger partial charge in [-0.1, -0.05) is 18.2 Å². The number of imidazole rings is 1. The first-order chi connectivity index (χ1) is 21.4. The van der Waals surface area contributed by atoms with Crippen LogP contribution in [0.25, 0.3) is 16.6 Å². The maximum absolute atomic E-state index is 12.2. The molecule has 0 radical (unpaired) electrons. The number of carbonyl (C=O) groups is 2. The zero-order chi connectivity index (χ0) is 30.6. The molecule has 0 saturated carbocycles. The topological polar surface area (TPSA) is 105 Å². The van der Waals surface area contributed by atoms with E-state index in [1.54, 1.807) is 19.2 Å². The lowest BCUT2D eigenvalue weighted by Crippen LogP contribution is -2.33. The van der Waals surface area contributed by atoms with Crippen molar-refractivity contribution in [2.75, 3.05) is 33.9 Å². The second kappa shape index (κ2) is 13.0. The number of ether oxygens (including phenoxy) is 4. The predicted molar refractivity (Wildman–Crippen MR) is 165 cm³/mol. The van der Waals surface area contributed by atoms with Gasteiger partial charge in [-0.2, -0.15) is 0 Å². The maximum Gasteiger partial charge on any atom is 0.337 e. The minimum atomic E-state index is -0.360. The van der Waals surface area contributed by atoms with Crippen LogP contribution in [0.3, 0.4) is 0 Å². The number of hydrogen-bond donors (Lipinski definition) is 0. The standard InChI is InChI=1S/C34H36N4O6/c1-22(39)27-9-7-23(17-31(27)41-2)21-44-33-6-4-5-28(36-33)24-11-14-37(15-12-24)20-32-35-29-10-8-25(34(40)42-3)18-30(29)38(32)19-26-13-16-43-26/h4-11,17-18,26H,12-16,19-21H2,1-3H3/t26-/m0/s1. The normalized spacial score (nSPS) is 16.7. The van der Waals surface area contributed by atoms with E-state index in [1.165, 1.54) is 19.6 Å². The molecule has 1 fully saturated rings. The first kappa shape index (κ1) is 29.5. The Balaban J connectivity index is 1.13. The van der Waals surface area contributed by atoms with Gasteiger partial charge in [0.25, 0.3) is 0 Å². The maximum atomic E-state index is 12.2. The molecule has 0 amide bonds. The third-order valence-electron chi connectivity index (χ3n) is 8.17. The van der Waals surface area contributed by atoms with Crippen LogP contribution in [0.5, 0.6) is 11.6 Å². The molecule has 6 rings (SSSR count). The van der Waals surface area contributed by atoms with Crippen LogP contribution in [-0.4, -0.2) is 71.2 Å². The van der Waals surface area contributed by atoms with Gasteiger partial charge in [0.1, 0.15) is 18.2 Å². The second-order valence-corrected chi connectivity index (χ2v) is 11.1. The Bertz CT molecular complexity index is 1720. The van der Waals surface area contributed by atoms with Crippen LogP contribution in [0.1, 0.15) is 57.6 Å². The van der Waals surface area contributed by atoms with E-state index >= 15 is 0 Å². The number of aromatic nitrogens is 3. The summed E-state index contributed by atoms with van der Waals surface area (Å²) in [5.74, 6) is 1.63. The van der Waals surface area contributed by atoms with Gasteiger partial charge >= 0.3 is 5.97 Å². The first-order valence-corrected chi connectivity index (χ1v) is 14.8. The monoisotopic (exact) mass is 596 g/mol. The molecule has 1 saturated heterocycles. The van der Waals surface area contributed by atoms with Gasteiger partial charge in [-0.3, -0.25) is 9.69 Å². The Labute approximate surface area is 256 Å². The minimum absolute atomic E-state index is 0.0425. The average molecular weight is 597 g/mol. The number of benzene rings is 2. The van der Waals surface area contributed by atoms with Crippen LogP contribution in [0.15, 0.2) is 60.7 Å². The number of hydrogen-bond acceptors (Lipinski definition) is 9. The zero-order valence-corrected chi connectivity index (χ0v) is 25.2. The fourth-order valence-electron chi connectivity index (χ4n) is 5.61. The molecular weight excluding hydrogens is 560 g/mol. The molecule has 2 aromatic heterocycles. The molecule has 0 aliphatic carbocycles. The molecule has 0 spiro atoms. The van der Waals surface area contributed by atoms with E-state index in [2.05, 4.69) is 15.5 Å². The SMILES string of the molecule is COC(=O)c1ccc2nc(CN3CC=C(c4cccc(OCc5ccc(C(C)=O)c(OC)c5)n4)CC3)n(C[C@@H]3CCO3)c2c1. The summed E-state index contributed by atoms with van der Waals surface area (Å²) in [5, 5.41) is 0. The lowest BCUT2D eigenvalue weighted by atomic mass is 10.0. The van der Waals surface area contributed by atoms with Crippen molar-refractivity contribution in [1.29, 1.82) is 0 Å². The molecular formula is C34H36N4O6. The summed E-state index contributed by atoms with van der Waals surface area (Å²) in [7, 11) is 2.95. The molecule has 228 valence electrons. The Morgan fingerprint density at radius 1 is 1.07 bits per heavy atom. The predicted octanol–water partition coefficient (Wildman–Crippen LogP) is 5.09. The first-order valence-electron chi connectivity index (χ1n) is 14.8. The van der Waals surface area contributed by atoms with E-state index in [4.69, 9.17) is 28.9 Å². The summed E-state index contributed by atoms with van der Waals surface area (Å²) in [6.07, 6.45) is 4.24. The van der Waals surface area contributed by atoms with E-state index < -0.39 is 0 Å². The van der Waals surface area contributed by atoms with Crippen molar-refractivity contribution >= 4 is 28.4 Å². The molecule has 2 aromatic carbocycles. The molecule has 44 heavy (non-hydrogen) atoms. The van der Waals surface area contributed by atoms with Gasteiger partial charge in [0, 0.05) is 25.8 Å². The fourth-order valence-corrected chi connectivity index (χ4v) is 5.61. The minimum Gasteiger partial charge on any atom is -0.496 e. The van der Waals surface area contributed by atoms with Gasteiger partial charge in [0.2, 0.25) is 5.88 Å². The van der Waals surface area contributed by atoms with Crippen molar-refractivity contribution in [2.45, 2.75) is 45.6 Å². The van der Waals surface area contributed by atoms with Crippen LogP contribution in [0, 0.1) is 0 Å². The van der Waals surface area contributed by atoms with E-state index in [9.17, 15) is 9.59 Å². The summed E-state index contributed by atoms with van der Waals surface area (Å²) in [6, 6.07) is 16.8. The second-order valence-electron chi connectivity index (χ2n) is 11.1. The number of nitrogens with zero attached hydrogens (tertiary/aromatic N) is 4. The molecule has 0 N–H and O–H groups in total. The highest BCUT2D eigenvalue weighted by atomic mass is 16.5. The van der Waals surface area contributed by atoms with Crippen LogP contribution in [-0.2, 0) is 29.2 Å². The van der Waals surface area contributed by atoms with E-state index in [0.29, 0.717) is 42.5 Å². The van der Waals surface area contributed by atoms with Crippen molar-refractivity contribution in [1.82, 2.24) is 19.4 Å². The number of Topliss-reactive ketones (excluding diaryl/α,β-unsaturated/α-hetero) is 1. The number of rotatable bonds is 11. The Morgan fingerprint density at radius 2 is 1.93 bits per heavy atom. The van der Waals surface area contributed by atoms with Crippen molar-refractivity contribution < 1.29 is 28.5 Å². The summed E-state index contributed by atoms with van der Waals surface area (Å²) >= 11 is 0. The van der Waals surface area contributed by atoms with Gasteiger partial charge < -0.3 is 23.5 Å². The quantitative estimate of drug-likeness (QED) is 0.173. The lowest BCUT2D eigenvalue weighted by Gasteiger charge is -2.29. The summed E-state index contributed by atoms with van der Waals surface area (Å²) in [6.45, 7) is 5.62. The van der Waals surface area contributed by atoms with E-state index in [-0.39, 0.29) is 17.9 Å². The molecule has 0 unspecified atom stereocenters. The molecule has 1 atom stereocenters. The third-order valence-corrected chi connectivity index (χ3v) is 8.17. The molecule has 10 heteroatoms. The smallest absolute Gasteiger partial charge is 0.337 e. The third kappa shape index (κ3) is 6.36. The van der Waals surface area contributed by atoms with Crippen LogP contribution in [0.2, 0.25) is 0 Å². The van der Waals surface area contributed by atoms with Gasteiger partial charge in [0.05, 0.1) is 61.3 Å². The van der Waals surface area contributed by atoms with Gasteiger partial charge in [-0.15, -0.1) is 0 Å². The van der Waals surface area contributed by atoms with Crippen molar-refractivity contribution in [2.24, 2.45) is 0 Å². The van der Waals surface area contributed by atoms with Crippen LogP contribution >= 0.6 is 0 Å². The Kier molecular flexibility index (Phi) is 8.72. The number of carbonyl (C=O) groups excluding carboxylic acids is 2. The van der Waals surface area contributed by atoms with Gasteiger partial charge in [-0.25, -0.2) is 14.8 Å². The molecule has 2 aliphatic rings. The van der Waals surface area contributed by atoms with E-state index in [1.807, 2.05) is 42.5 Å². The number of methoxy groups -OCH3 is 2. The van der Waals surface area contributed by atoms with Gasteiger partial charge in [-0.05, 0) is 67.3 Å². The molecule has 10 nitrogen and oxygen atoms in total. The fraction of sp³-hybridized carbons (Fsp3) is 0.353. The molecule has 2 aliphatic heterocycles. The highest BCUT2D eigenvalue weighted by molar-refractivity contribution is 5.97. The van der Waals surface area contributed by atoms with Crippen molar-refractivity contribution in [3.63, 3.8) is 0 Å². The van der Waals surface area contributed by atoms with Crippen LogP contribution in [0.4, 0.5) is 0 Å². The Hall–Kier alpha value is -4.54. The number of pyridine rings is 1. The summed E-state index contributed by atoms with van der Waals surface area (Å²) < 4.78 is 24.2. The summed E-state index contributed by atoms with van der Waals surface area (Å²) in [4.78, 5) is 36.1. The summed E-state index contributed by atoms with van der Waals surface area (Å²) in [5.41, 5.74) is 5.80. The number of ketones is 1. The average Bonchev–Trinajstić information content (AvgIpc) is 3.37. The van der Waals surface area contributed by atoms with Crippen molar-refractivity contribution in [3.8, 4) is 11.6 Å². The highest BCUT2D eigenvalue weighted by Crippen LogP contribution is 2.27. The molecule has 4 aromatic rings. The van der Waals surface area contributed by atoms with E-state index in [0.717, 1.165) is 60.7 Å².